The van der Waals surface area contributed by atoms with Crippen molar-refractivity contribution in [1.29, 1.82) is 0 Å². The fourth-order valence-electron chi connectivity index (χ4n) is 5.35. The number of nitrogens with zero attached hydrogens (tertiary/aromatic N) is 3. The third-order valence-electron chi connectivity index (χ3n) is 7.03. The monoisotopic (exact) mass is 483 g/mol. The van der Waals surface area contributed by atoms with Crippen molar-refractivity contribution in [3.05, 3.63) is 108 Å². The highest BCUT2D eigenvalue weighted by atomic mass is 16.3. The number of carbonyl (C=O) groups is 1. The van der Waals surface area contributed by atoms with Crippen LogP contribution in [0, 0.1) is 6.92 Å². The number of hydrogen-bond acceptors (Lipinski definition) is 5. The van der Waals surface area contributed by atoms with Crippen molar-refractivity contribution in [1.82, 2.24) is 25.3 Å². The van der Waals surface area contributed by atoms with Crippen LogP contribution in [0.2, 0.25) is 0 Å². The Morgan fingerprint density at radius 2 is 1.68 bits per heavy atom. The molecule has 37 heavy (non-hydrogen) atoms. The minimum absolute atomic E-state index is 0.104. The van der Waals surface area contributed by atoms with Crippen LogP contribution in [0.3, 0.4) is 0 Å². The Morgan fingerprint density at radius 1 is 0.892 bits per heavy atom. The molecule has 1 unspecified atom stereocenters. The zero-order valence-corrected chi connectivity index (χ0v) is 19.9. The molecule has 0 fully saturated rings. The van der Waals surface area contributed by atoms with E-state index < -0.39 is 6.04 Å². The molecular weight excluding hydrogens is 462 g/mol. The molecule has 0 bridgehead atoms. The quantitative estimate of drug-likeness (QED) is 0.300. The van der Waals surface area contributed by atoms with Crippen LogP contribution < -0.4 is 5.32 Å². The van der Waals surface area contributed by atoms with Gasteiger partial charge in [-0.05, 0) is 41.3 Å². The van der Waals surface area contributed by atoms with Crippen LogP contribution in [-0.4, -0.2) is 30.9 Å². The highest BCUT2D eigenvalue weighted by Gasteiger charge is 2.33. The van der Waals surface area contributed by atoms with Gasteiger partial charge in [-0.25, -0.2) is 9.97 Å². The van der Waals surface area contributed by atoms with Gasteiger partial charge in [0, 0.05) is 17.1 Å². The first kappa shape index (κ1) is 21.3. The maximum Gasteiger partial charge on any atom is 0.256 e. The number of aromatic nitrogens is 4. The standard InChI is InChI=1S/C30H21N5O2/c1-16-28(36)26(19-9-4-5-12-22(19)32-16)30(37)35-27-18-8-3-2-7-17(18)25-20(27)10-6-11-21(25)29-33-23-13-14-31-15-24(23)34-29/h2-15,27,36H,1H3,(H,33,34)(H,35,37). The Kier molecular flexibility index (Phi) is 4.59. The van der Waals surface area contributed by atoms with Crippen LogP contribution in [0.25, 0.3) is 44.5 Å². The van der Waals surface area contributed by atoms with Crippen molar-refractivity contribution in [2.24, 2.45) is 0 Å². The lowest BCUT2D eigenvalue weighted by molar-refractivity contribution is 0.0942. The number of amides is 1. The van der Waals surface area contributed by atoms with Gasteiger partial charge in [-0.2, -0.15) is 0 Å². The summed E-state index contributed by atoms with van der Waals surface area (Å²) in [6.07, 6.45) is 3.49. The fraction of sp³-hybridized carbons (Fsp3) is 0.0667. The average Bonchev–Trinajstić information content (AvgIpc) is 3.49. The molecule has 3 N–H and O–H groups in total. The van der Waals surface area contributed by atoms with Crippen LogP contribution in [0.15, 0.2) is 85.2 Å². The lowest BCUT2D eigenvalue weighted by Gasteiger charge is -2.18. The Morgan fingerprint density at radius 3 is 2.57 bits per heavy atom. The van der Waals surface area contributed by atoms with Crippen molar-refractivity contribution < 1.29 is 9.90 Å². The van der Waals surface area contributed by atoms with Gasteiger partial charge in [-0.15, -0.1) is 0 Å². The average molecular weight is 484 g/mol. The Balaban J connectivity index is 1.37. The highest BCUT2D eigenvalue weighted by Crippen LogP contribution is 2.48. The number of fused-ring (bicyclic) bond motifs is 5. The summed E-state index contributed by atoms with van der Waals surface area (Å²) in [5.41, 5.74) is 7.99. The first-order chi connectivity index (χ1) is 18.1. The zero-order valence-electron chi connectivity index (χ0n) is 19.9. The lowest BCUT2D eigenvalue weighted by atomic mass is 9.98. The second-order valence-corrected chi connectivity index (χ2v) is 9.18. The molecule has 3 aromatic carbocycles. The summed E-state index contributed by atoms with van der Waals surface area (Å²) >= 11 is 0. The molecule has 6 aromatic rings. The van der Waals surface area contributed by atoms with Crippen molar-refractivity contribution in [3.8, 4) is 28.3 Å². The minimum atomic E-state index is -0.392. The number of pyridine rings is 2. The van der Waals surface area contributed by atoms with Crippen molar-refractivity contribution in [3.63, 3.8) is 0 Å². The number of H-pyrrole nitrogens is 1. The van der Waals surface area contributed by atoms with Crippen LogP contribution in [0.1, 0.15) is 33.2 Å². The van der Waals surface area contributed by atoms with E-state index in [4.69, 9.17) is 4.98 Å². The molecule has 1 aliphatic rings. The van der Waals surface area contributed by atoms with Crippen LogP contribution >= 0.6 is 0 Å². The van der Waals surface area contributed by atoms with Gasteiger partial charge in [0.05, 0.1) is 40.0 Å². The number of para-hydroxylation sites is 1. The summed E-state index contributed by atoms with van der Waals surface area (Å²) in [5, 5.41) is 14.7. The maximum absolute atomic E-state index is 13.8. The van der Waals surface area contributed by atoms with E-state index in [0.717, 1.165) is 44.7 Å². The minimum Gasteiger partial charge on any atom is -0.505 e. The molecule has 7 rings (SSSR count). The second-order valence-electron chi connectivity index (χ2n) is 9.18. The van der Waals surface area contributed by atoms with E-state index in [1.54, 1.807) is 19.3 Å². The summed E-state index contributed by atoms with van der Waals surface area (Å²) in [6.45, 7) is 1.70. The SMILES string of the molecule is Cc1nc2ccccc2c(C(=O)NC2c3ccccc3-c3c(-c4nc5ccncc5[nH]4)cccc32)c1O. The number of nitrogens with one attached hydrogen (secondary N) is 2. The lowest BCUT2D eigenvalue weighted by Crippen LogP contribution is -2.28. The molecule has 1 amide bonds. The largest absolute Gasteiger partial charge is 0.505 e. The Hall–Kier alpha value is -5.04. The first-order valence-corrected chi connectivity index (χ1v) is 12.0. The maximum atomic E-state index is 13.8. The third-order valence-corrected chi connectivity index (χ3v) is 7.03. The molecule has 1 aliphatic carbocycles. The molecule has 3 aromatic heterocycles. The molecule has 178 valence electrons. The third kappa shape index (κ3) is 3.21. The summed E-state index contributed by atoms with van der Waals surface area (Å²) in [7, 11) is 0. The van der Waals surface area contributed by atoms with Gasteiger partial charge in [0.2, 0.25) is 0 Å². The molecule has 7 nitrogen and oxygen atoms in total. The molecule has 1 atom stereocenters. The molecule has 0 saturated carbocycles. The number of imidazole rings is 1. The Bertz CT molecular complexity index is 1840. The van der Waals surface area contributed by atoms with Gasteiger partial charge in [0.25, 0.3) is 5.91 Å². The molecular formula is C30H21N5O2. The number of rotatable bonds is 3. The highest BCUT2D eigenvalue weighted by molar-refractivity contribution is 6.09. The van der Waals surface area contributed by atoms with E-state index >= 15 is 0 Å². The van der Waals surface area contributed by atoms with Crippen LogP contribution in [-0.2, 0) is 0 Å². The summed E-state index contributed by atoms with van der Waals surface area (Å²) in [4.78, 5) is 30.6. The second kappa shape index (κ2) is 7.99. The summed E-state index contributed by atoms with van der Waals surface area (Å²) in [5.74, 6) is 0.287. The van der Waals surface area contributed by atoms with Gasteiger partial charge in [0.1, 0.15) is 11.6 Å². The van der Waals surface area contributed by atoms with Crippen LogP contribution in [0.4, 0.5) is 0 Å². The van der Waals surface area contributed by atoms with Gasteiger partial charge in [-0.3, -0.25) is 9.78 Å². The van der Waals surface area contributed by atoms with Gasteiger partial charge < -0.3 is 15.4 Å². The number of aromatic hydroxyl groups is 1. The fourth-order valence-corrected chi connectivity index (χ4v) is 5.35. The molecule has 7 heteroatoms. The topological polar surface area (TPSA) is 104 Å². The number of hydrogen-bond donors (Lipinski definition) is 3. The number of aromatic amines is 1. The van der Waals surface area contributed by atoms with Crippen molar-refractivity contribution in [2.75, 3.05) is 0 Å². The predicted octanol–water partition coefficient (Wildman–Crippen LogP) is 5.69. The van der Waals surface area contributed by atoms with E-state index in [2.05, 4.69) is 26.3 Å². The molecule has 3 heterocycles. The van der Waals surface area contributed by atoms with E-state index in [1.807, 2.05) is 66.7 Å². The molecule has 0 radical (unpaired) electrons. The van der Waals surface area contributed by atoms with E-state index in [9.17, 15) is 9.90 Å². The van der Waals surface area contributed by atoms with Crippen molar-refractivity contribution >= 4 is 27.8 Å². The smallest absolute Gasteiger partial charge is 0.256 e. The predicted molar refractivity (Wildman–Crippen MR) is 142 cm³/mol. The van der Waals surface area contributed by atoms with Crippen molar-refractivity contribution in [2.45, 2.75) is 13.0 Å². The molecule has 0 saturated heterocycles. The normalized spacial score (nSPS) is 14.0. The zero-order chi connectivity index (χ0) is 25.1. The van der Waals surface area contributed by atoms with E-state index in [0.29, 0.717) is 16.6 Å². The molecule has 0 aliphatic heterocycles. The van der Waals surface area contributed by atoms with Crippen LogP contribution in [0.5, 0.6) is 5.75 Å². The number of carbonyl (C=O) groups excluding carboxylic acids is 1. The van der Waals surface area contributed by atoms with Gasteiger partial charge >= 0.3 is 0 Å². The Labute approximate surface area is 211 Å². The van der Waals surface area contributed by atoms with E-state index in [-0.39, 0.29) is 17.2 Å². The van der Waals surface area contributed by atoms with E-state index in [1.165, 1.54) is 0 Å². The first-order valence-electron chi connectivity index (χ1n) is 12.0. The summed E-state index contributed by atoms with van der Waals surface area (Å²) < 4.78 is 0. The van der Waals surface area contributed by atoms with Gasteiger partial charge in [-0.1, -0.05) is 60.7 Å². The molecule has 0 spiro atoms. The van der Waals surface area contributed by atoms with Gasteiger partial charge in [0.15, 0.2) is 0 Å². The summed E-state index contributed by atoms with van der Waals surface area (Å²) in [6, 6.07) is 23.0. The number of aryl methyl sites for hydroxylation is 1. The number of benzene rings is 3.